The molecule has 2 fully saturated rings. The average molecular weight is 296 g/mol. The van der Waals surface area contributed by atoms with E-state index >= 15 is 0 Å². The standard InChI is InChI=1S/C7H15N.C6H14N2.2CH4.2H2O/c1-6-3-4-7(2)8-5-6;1-5-3-7-6(2)8-4-5;;;;/h6-8H,3-5H2,1-2H3;5-8H,3-4H2,1-2H3;2*1H4;2*1H2. The van der Waals surface area contributed by atoms with E-state index in [1.54, 1.807) is 0 Å². The Balaban J connectivity index is -0.000000107. The molecule has 0 radical (unpaired) electrons. The molecule has 5 heteroatoms. The van der Waals surface area contributed by atoms with Crippen molar-refractivity contribution in [3.8, 4) is 0 Å². The lowest BCUT2D eigenvalue weighted by molar-refractivity contribution is 0.325. The molecule has 7 N–H and O–H groups in total. The highest BCUT2D eigenvalue weighted by Crippen LogP contribution is 2.11. The largest absolute Gasteiger partial charge is 0.412 e. The fourth-order valence-corrected chi connectivity index (χ4v) is 2.04. The normalized spacial score (nSPS) is 31.8. The lowest BCUT2D eigenvalue weighted by atomic mass is 9.98. The second-order valence-corrected chi connectivity index (χ2v) is 5.64. The lowest BCUT2D eigenvalue weighted by Crippen LogP contribution is -2.50. The quantitative estimate of drug-likeness (QED) is 0.625. The third kappa shape index (κ3) is 12.8. The predicted octanol–water partition coefficient (Wildman–Crippen LogP) is 1.18. The molecule has 0 aromatic carbocycles. The molecule has 0 aliphatic carbocycles. The third-order valence-electron chi connectivity index (χ3n) is 3.45. The molecule has 0 spiro atoms. The molecular weight excluding hydrogens is 254 g/mol. The first-order valence-corrected chi connectivity index (χ1v) is 6.78. The van der Waals surface area contributed by atoms with Crippen molar-refractivity contribution < 1.29 is 11.0 Å². The highest BCUT2D eigenvalue weighted by atomic mass is 16.0. The number of nitrogens with one attached hydrogen (secondary N) is 3. The van der Waals surface area contributed by atoms with Gasteiger partial charge in [0.25, 0.3) is 0 Å². The molecule has 2 aliphatic rings. The molecule has 128 valence electrons. The van der Waals surface area contributed by atoms with Crippen molar-refractivity contribution in [2.75, 3.05) is 19.6 Å². The summed E-state index contributed by atoms with van der Waals surface area (Å²) >= 11 is 0. The molecule has 5 nitrogen and oxygen atoms in total. The summed E-state index contributed by atoms with van der Waals surface area (Å²) in [7, 11) is 0. The smallest absolute Gasteiger partial charge is 0.0542 e. The van der Waals surface area contributed by atoms with Gasteiger partial charge in [0, 0.05) is 19.1 Å². The number of piperidine rings is 1. The second-order valence-electron chi connectivity index (χ2n) is 5.64. The number of rotatable bonds is 0. The summed E-state index contributed by atoms with van der Waals surface area (Å²) in [6, 6.07) is 0.770. The first-order chi connectivity index (χ1) is 7.58. The Morgan fingerprint density at radius 1 is 0.650 bits per heavy atom. The summed E-state index contributed by atoms with van der Waals surface area (Å²) < 4.78 is 0. The first-order valence-electron chi connectivity index (χ1n) is 6.78. The number of hydrogen-bond donors (Lipinski definition) is 3. The Bertz CT molecular complexity index is 138. The van der Waals surface area contributed by atoms with Crippen molar-refractivity contribution in [2.45, 2.75) is 67.6 Å². The molecule has 0 amide bonds. The van der Waals surface area contributed by atoms with Gasteiger partial charge < -0.3 is 26.9 Å². The Morgan fingerprint density at radius 3 is 1.40 bits per heavy atom. The van der Waals surface area contributed by atoms with Crippen LogP contribution in [0, 0.1) is 11.8 Å². The van der Waals surface area contributed by atoms with Crippen molar-refractivity contribution in [3.05, 3.63) is 0 Å². The first kappa shape index (κ1) is 28.0. The van der Waals surface area contributed by atoms with E-state index < -0.39 is 0 Å². The van der Waals surface area contributed by atoms with Gasteiger partial charge in [0.15, 0.2) is 0 Å². The van der Waals surface area contributed by atoms with Crippen LogP contribution in [-0.2, 0) is 0 Å². The van der Waals surface area contributed by atoms with Crippen molar-refractivity contribution in [3.63, 3.8) is 0 Å². The summed E-state index contributed by atoms with van der Waals surface area (Å²) in [5.74, 6) is 1.71. The monoisotopic (exact) mass is 295 g/mol. The Morgan fingerprint density at radius 2 is 1.10 bits per heavy atom. The van der Waals surface area contributed by atoms with E-state index in [4.69, 9.17) is 0 Å². The van der Waals surface area contributed by atoms with Crippen LogP contribution in [-0.4, -0.2) is 42.8 Å². The van der Waals surface area contributed by atoms with E-state index in [0.29, 0.717) is 6.17 Å². The van der Waals surface area contributed by atoms with Crippen LogP contribution in [0.2, 0.25) is 0 Å². The molecule has 2 rings (SSSR count). The lowest BCUT2D eigenvalue weighted by Gasteiger charge is -2.26. The van der Waals surface area contributed by atoms with E-state index in [0.717, 1.165) is 31.0 Å². The topological polar surface area (TPSA) is 99.1 Å². The molecule has 20 heavy (non-hydrogen) atoms. The van der Waals surface area contributed by atoms with E-state index in [2.05, 4.69) is 43.6 Å². The fourth-order valence-electron chi connectivity index (χ4n) is 2.04. The molecule has 2 atom stereocenters. The van der Waals surface area contributed by atoms with Gasteiger partial charge in [-0.05, 0) is 45.1 Å². The zero-order chi connectivity index (χ0) is 12.0. The SMILES string of the molecule is C.C.CC1CCC(C)NC1.CC1CNC(C)NC1.O.O. The molecule has 2 heterocycles. The van der Waals surface area contributed by atoms with Crippen molar-refractivity contribution >= 4 is 0 Å². The average Bonchev–Trinajstić information content (AvgIpc) is 2.28. The Hall–Kier alpha value is -0.200. The second kappa shape index (κ2) is 15.2. The molecule has 0 saturated carbocycles. The van der Waals surface area contributed by atoms with Gasteiger partial charge in [0.1, 0.15) is 0 Å². The molecule has 0 bridgehead atoms. The van der Waals surface area contributed by atoms with Crippen LogP contribution in [0.1, 0.15) is 55.4 Å². The Labute approximate surface area is 126 Å². The molecule has 2 aliphatic heterocycles. The summed E-state index contributed by atoms with van der Waals surface area (Å²) in [6.07, 6.45) is 3.29. The van der Waals surface area contributed by atoms with Crippen LogP contribution >= 0.6 is 0 Å². The summed E-state index contributed by atoms with van der Waals surface area (Å²) in [4.78, 5) is 0. The van der Waals surface area contributed by atoms with Crippen LogP contribution in [0.4, 0.5) is 0 Å². The minimum atomic E-state index is 0. The maximum Gasteiger partial charge on any atom is 0.0542 e. The van der Waals surface area contributed by atoms with Crippen LogP contribution in [0.5, 0.6) is 0 Å². The molecular formula is C15H41N3O2. The van der Waals surface area contributed by atoms with Crippen LogP contribution in [0.3, 0.4) is 0 Å². The van der Waals surface area contributed by atoms with Gasteiger partial charge in [-0.1, -0.05) is 28.7 Å². The van der Waals surface area contributed by atoms with E-state index in [1.807, 2.05) is 0 Å². The number of hydrogen-bond acceptors (Lipinski definition) is 3. The van der Waals surface area contributed by atoms with Crippen LogP contribution in [0.25, 0.3) is 0 Å². The van der Waals surface area contributed by atoms with Crippen LogP contribution in [0.15, 0.2) is 0 Å². The van der Waals surface area contributed by atoms with Gasteiger partial charge in [-0.15, -0.1) is 0 Å². The van der Waals surface area contributed by atoms with Gasteiger partial charge in [-0.25, -0.2) is 0 Å². The zero-order valence-electron chi connectivity index (χ0n) is 12.3. The predicted molar refractivity (Wildman–Crippen MR) is 91.2 cm³/mol. The minimum absolute atomic E-state index is 0. The highest BCUT2D eigenvalue weighted by molar-refractivity contribution is 4.71. The molecule has 0 aromatic heterocycles. The van der Waals surface area contributed by atoms with E-state index in [-0.39, 0.29) is 25.8 Å². The van der Waals surface area contributed by atoms with Gasteiger partial charge in [-0.3, -0.25) is 0 Å². The van der Waals surface area contributed by atoms with E-state index in [9.17, 15) is 0 Å². The maximum atomic E-state index is 3.43. The minimum Gasteiger partial charge on any atom is -0.412 e. The molecule has 2 saturated heterocycles. The van der Waals surface area contributed by atoms with Crippen molar-refractivity contribution in [2.24, 2.45) is 11.8 Å². The highest BCUT2D eigenvalue weighted by Gasteiger charge is 2.12. The van der Waals surface area contributed by atoms with Crippen molar-refractivity contribution in [1.29, 1.82) is 0 Å². The zero-order valence-corrected chi connectivity index (χ0v) is 12.3. The van der Waals surface area contributed by atoms with Crippen LogP contribution < -0.4 is 16.0 Å². The van der Waals surface area contributed by atoms with Gasteiger partial charge >= 0.3 is 0 Å². The van der Waals surface area contributed by atoms with E-state index in [1.165, 1.54) is 19.4 Å². The van der Waals surface area contributed by atoms with Gasteiger partial charge in [0.05, 0.1) is 6.17 Å². The summed E-state index contributed by atoms with van der Waals surface area (Å²) in [5.41, 5.74) is 0. The summed E-state index contributed by atoms with van der Waals surface area (Å²) in [6.45, 7) is 12.5. The van der Waals surface area contributed by atoms with Gasteiger partial charge in [-0.2, -0.15) is 0 Å². The Kier molecular flexibility index (Phi) is 21.3. The third-order valence-corrected chi connectivity index (χ3v) is 3.45. The summed E-state index contributed by atoms with van der Waals surface area (Å²) in [5, 5.41) is 10.1. The van der Waals surface area contributed by atoms with Gasteiger partial charge in [0.2, 0.25) is 0 Å². The fraction of sp³-hybridized carbons (Fsp3) is 1.00. The molecule has 2 unspecified atom stereocenters. The maximum absolute atomic E-state index is 3.43. The van der Waals surface area contributed by atoms with Crippen molar-refractivity contribution in [1.82, 2.24) is 16.0 Å². The molecule has 0 aromatic rings.